The van der Waals surface area contributed by atoms with E-state index < -0.39 is 11.7 Å². The van der Waals surface area contributed by atoms with Crippen molar-refractivity contribution in [3.05, 3.63) is 52.2 Å². The van der Waals surface area contributed by atoms with Gasteiger partial charge in [-0.1, -0.05) is 42.0 Å². The Morgan fingerprint density at radius 3 is 2.22 bits per heavy atom. The van der Waals surface area contributed by atoms with E-state index in [0.29, 0.717) is 11.3 Å². The van der Waals surface area contributed by atoms with Crippen LogP contribution >= 0.6 is 12.2 Å². The number of rotatable bonds is 1. The molecular formula is C13H10F3NS. The van der Waals surface area contributed by atoms with Crippen molar-refractivity contribution in [2.75, 3.05) is 0 Å². The Labute approximate surface area is 107 Å². The van der Waals surface area contributed by atoms with Crippen LogP contribution in [0.3, 0.4) is 0 Å². The maximum absolute atomic E-state index is 12.7. The van der Waals surface area contributed by atoms with Crippen LogP contribution in [-0.2, 0) is 6.18 Å². The van der Waals surface area contributed by atoms with Crippen LogP contribution in [0.25, 0.3) is 11.3 Å². The van der Waals surface area contributed by atoms with E-state index in [2.05, 4.69) is 4.98 Å². The monoisotopic (exact) mass is 269 g/mol. The first-order valence-corrected chi connectivity index (χ1v) is 5.66. The van der Waals surface area contributed by atoms with Gasteiger partial charge < -0.3 is 4.98 Å². The summed E-state index contributed by atoms with van der Waals surface area (Å²) in [6.07, 6.45) is -4.39. The predicted molar refractivity (Wildman–Crippen MR) is 66.8 cm³/mol. The number of hydrogen-bond donors (Lipinski definition) is 1. The lowest BCUT2D eigenvalue weighted by molar-refractivity contribution is -0.137. The van der Waals surface area contributed by atoms with Crippen LogP contribution in [0.4, 0.5) is 13.2 Å². The second kappa shape index (κ2) is 4.57. The second-order valence-corrected chi connectivity index (χ2v) is 4.45. The normalized spacial score (nSPS) is 11.6. The lowest BCUT2D eigenvalue weighted by Crippen LogP contribution is -2.05. The molecule has 1 aromatic heterocycles. The van der Waals surface area contributed by atoms with E-state index in [1.807, 2.05) is 19.1 Å². The van der Waals surface area contributed by atoms with E-state index in [4.69, 9.17) is 12.2 Å². The highest BCUT2D eigenvalue weighted by molar-refractivity contribution is 7.71. The van der Waals surface area contributed by atoms with Gasteiger partial charge in [0.15, 0.2) is 0 Å². The maximum atomic E-state index is 12.7. The highest BCUT2D eigenvalue weighted by Crippen LogP contribution is 2.31. The van der Waals surface area contributed by atoms with Crippen LogP contribution in [0.15, 0.2) is 36.4 Å². The summed E-state index contributed by atoms with van der Waals surface area (Å²) >= 11 is 4.83. The summed E-state index contributed by atoms with van der Waals surface area (Å²) in [6.45, 7) is 1.91. The van der Waals surface area contributed by atoms with Crippen molar-refractivity contribution in [3.63, 3.8) is 0 Å². The third-order valence-corrected chi connectivity index (χ3v) is 2.75. The molecule has 0 fully saturated rings. The van der Waals surface area contributed by atoms with Gasteiger partial charge >= 0.3 is 6.18 Å². The van der Waals surface area contributed by atoms with E-state index >= 15 is 0 Å². The Morgan fingerprint density at radius 2 is 1.67 bits per heavy atom. The average molecular weight is 269 g/mol. The van der Waals surface area contributed by atoms with Crippen molar-refractivity contribution in [2.24, 2.45) is 0 Å². The van der Waals surface area contributed by atoms with E-state index in [9.17, 15) is 13.2 Å². The lowest BCUT2D eigenvalue weighted by atomic mass is 10.1. The molecule has 0 aliphatic rings. The van der Waals surface area contributed by atoms with Gasteiger partial charge in [0.05, 0.1) is 5.56 Å². The molecule has 1 heterocycles. The minimum Gasteiger partial charge on any atom is -0.346 e. The van der Waals surface area contributed by atoms with Crippen LogP contribution in [0.1, 0.15) is 11.1 Å². The minimum atomic E-state index is -4.39. The van der Waals surface area contributed by atoms with Gasteiger partial charge in [0.2, 0.25) is 0 Å². The molecule has 0 saturated heterocycles. The van der Waals surface area contributed by atoms with Crippen molar-refractivity contribution < 1.29 is 13.2 Å². The first-order valence-electron chi connectivity index (χ1n) is 5.25. The zero-order valence-electron chi connectivity index (χ0n) is 9.51. The number of aryl methyl sites for hydroxylation is 1. The standard InChI is InChI=1S/C13H10F3NS/c1-8-2-4-9(5-3-8)11-6-10(13(14,15)16)7-12(18)17-11/h2-7H,1H3,(H,17,18). The molecule has 0 spiro atoms. The molecule has 0 atom stereocenters. The number of aromatic nitrogens is 1. The first kappa shape index (κ1) is 12.8. The van der Waals surface area contributed by atoms with Gasteiger partial charge in [0.25, 0.3) is 0 Å². The molecule has 0 aliphatic heterocycles. The summed E-state index contributed by atoms with van der Waals surface area (Å²) in [5.41, 5.74) is 1.36. The molecule has 0 saturated carbocycles. The van der Waals surface area contributed by atoms with E-state index in [1.54, 1.807) is 12.1 Å². The third kappa shape index (κ3) is 2.79. The molecule has 0 radical (unpaired) electrons. The molecular weight excluding hydrogens is 259 g/mol. The molecule has 1 nitrogen and oxygen atoms in total. The Bertz CT molecular complexity index is 611. The fraction of sp³-hybridized carbons (Fsp3) is 0.154. The molecule has 0 amide bonds. The molecule has 5 heteroatoms. The third-order valence-electron chi connectivity index (χ3n) is 2.53. The summed E-state index contributed by atoms with van der Waals surface area (Å²) in [4.78, 5) is 2.77. The molecule has 94 valence electrons. The first-order chi connectivity index (χ1) is 8.36. The Balaban J connectivity index is 2.55. The van der Waals surface area contributed by atoms with Gasteiger partial charge in [-0.05, 0) is 24.6 Å². The SMILES string of the molecule is Cc1ccc(-c2cc(C(F)(F)F)cc(=S)[nH]2)cc1. The fourth-order valence-corrected chi connectivity index (χ4v) is 1.83. The smallest absolute Gasteiger partial charge is 0.346 e. The number of aromatic amines is 1. The van der Waals surface area contributed by atoms with Crippen LogP contribution in [0.5, 0.6) is 0 Å². The topological polar surface area (TPSA) is 15.8 Å². The largest absolute Gasteiger partial charge is 0.416 e. The summed E-state index contributed by atoms with van der Waals surface area (Å²) in [5, 5.41) is 0. The van der Waals surface area contributed by atoms with Gasteiger partial charge in [-0.15, -0.1) is 0 Å². The van der Waals surface area contributed by atoms with Crippen LogP contribution < -0.4 is 0 Å². The number of halogens is 3. The molecule has 18 heavy (non-hydrogen) atoms. The summed E-state index contributed by atoms with van der Waals surface area (Å²) in [7, 11) is 0. The number of benzene rings is 1. The van der Waals surface area contributed by atoms with Gasteiger partial charge in [0, 0.05) is 5.69 Å². The number of alkyl halides is 3. The second-order valence-electron chi connectivity index (χ2n) is 4.01. The Kier molecular flexibility index (Phi) is 3.26. The molecule has 0 bridgehead atoms. The number of nitrogens with one attached hydrogen (secondary N) is 1. The van der Waals surface area contributed by atoms with Crippen molar-refractivity contribution in [1.82, 2.24) is 4.98 Å². The van der Waals surface area contributed by atoms with Crippen LogP contribution in [0.2, 0.25) is 0 Å². The van der Waals surface area contributed by atoms with Crippen molar-refractivity contribution in [3.8, 4) is 11.3 Å². The van der Waals surface area contributed by atoms with Crippen molar-refractivity contribution in [2.45, 2.75) is 13.1 Å². The molecule has 2 aromatic rings. The van der Waals surface area contributed by atoms with Crippen molar-refractivity contribution in [1.29, 1.82) is 0 Å². The van der Waals surface area contributed by atoms with E-state index in [1.165, 1.54) is 0 Å². The van der Waals surface area contributed by atoms with E-state index in [0.717, 1.165) is 17.7 Å². The maximum Gasteiger partial charge on any atom is 0.416 e. The summed E-state index contributed by atoms with van der Waals surface area (Å²) < 4.78 is 38.1. The van der Waals surface area contributed by atoms with Gasteiger partial charge in [-0.3, -0.25) is 0 Å². The molecule has 1 aromatic carbocycles. The van der Waals surface area contributed by atoms with Crippen LogP contribution in [0, 0.1) is 11.6 Å². The highest BCUT2D eigenvalue weighted by Gasteiger charge is 2.31. The molecule has 2 rings (SSSR count). The molecule has 0 unspecified atom stereocenters. The Morgan fingerprint density at radius 1 is 1.06 bits per heavy atom. The quantitative estimate of drug-likeness (QED) is 0.739. The summed E-state index contributed by atoms with van der Waals surface area (Å²) in [5.74, 6) is 0. The van der Waals surface area contributed by atoms with E-state index in [-0.39, 0.29) is 4.64 Å². The predicted octanol–water partition coefficient (Wildman–Crippen LogP) is 4.74. The summed E-state index contributed by atoms with van der Waals surface area (Å²) in [6, 6.07) is 9.19. The van der Waals surface area contributed by atoms with Crippen LogP contribution in [-0.4, -0.2) is 4.98 Å². The molecule has 1 N–H and O–H groups in total. The molecule has 0 aliphatic carbocycles. The minimum absolute atomic E-state index is 0.0698. The zero-order chi connectivity index (χ0) is 13.3. The number of pyridine rings is 1. The Hall–Kier alpha value is -1.62. The highest BCUT2D eigenvalue weighted by atomic mass is 32.1. The fourth-order valence-electron chi connectivity index (χ4n) is 1.60. The van der Waals surface area contributed by atoms with Crippen molar-refractivity contribution >= 4 is 12.2 Å². The van der Waals surface area contributed by atoms with Gasteiger partial charge in [-0.25, -0.2) is 0 Å². The van der Waals surface area contributed by atoms with Gasteiger partial charge in [-0.2, -0.15) is 13.2 Å². The number of hydrogen-bond acceptors (Lipinski definition) is 1. The number of H-pyrrole nitrogens is 1. The lowest BCUT2D eigenvalue weighted by Gasteiger charge is -2.09. The average Bonchev–Trinajstić information content (AvgIpc) is 2.28. The van der Waals surface area contributed by atoms with Gasteiger partial charge in [0.1, 0.15) is 4.64 Å². The zero-order valence-corrected chi connectivity index (χ0v) is 10.3.